The number of hydrogen-bond acceptors (Lipinski definition) is 2. The van der Waals surface area contributed by atoms with Gasteiger partial charge in [0.2, 0.25) is 0 Å². The van der Waals surface area contributed by atoms with Crippen molar-refractivity contribution < 1.29 is 19.8 Å². The maximum Gasteiger partial charge on any atom is 0.306 e. The normalized spacial score (nSPS) is 31.5. The second kappa shape index (κ2) is 10.7. The largest absolute Gasteiger partial charge is 0.481 e. The summed E-state index contributed by atoms with van der Waals surface area (Å²) in [6.45, 7) is 17.7. The molecule has 5 unspecified atom stereocenters. The Bertz CT molecular complexity index is 393. The summed E-state index contributed by atoms with van der Waals surface area (Å²) >= 11 is 0. The maximum absolute atomic E-state index is 11.5. The summed E-state index contributed by atoms with van der Waals surface area (Å²) in [5, 5.41) is 18.8. The van der Waals surface area contributed by atoms with Gasteiger partial charge < -0.3 is 10.2 Å². The van der Waals surface area contributed by atoms with Crippen LogP contribution < -0.4 is 0 Å². The van der Waals surface area contributed by atoms with Crippen LogP contribution in [0.1, 0.15) is 88.0 Å². The summed E-state index contributed by atoms with van der Waals surface area (Å²) in [5.74, 6) is -2.08. The molecule has 0 heterocycles. The van der Waals surface area contributed by atoms with Crippen LogP contribution in [0.15, 0.2) is 0 Å². The highest BCUT2D eigenvalue weighted by Crippen LogP contribution is 2.56. The Balaban J connectivity index is 0. The highest BCUT2D eigenvalue weighted by atomic mass is 16.4. The summed E-state index contributed by atoms with van der Waals surface area (Å²) < 4.78 is 0. The Morgan fingerprint density at radius 1 is 1.00 bits per heavy atom. The van der Waals surface area contributed by atoms with Crippen molar-refractivity contribution in [3.63, 3.8) is 0 Å². The topological polar surface area (TPSA) is 74.6 Å². The molecule has 0 radical (unpaired) electrons. The molecule has 144 valence electrons. The van der Waals surface area contributed by atoms with E-state index in [0.29, 0.717) is 12.3 Å². The first-order chi connectivity index (χ1) is 11.1. The Morgan fingerprint density at radius 3 is 1.75 bits per heavy atom. The predicted octanol–water partition coefficient (Wildman–Crippen LogP) is 5.70. The Morgan fingerprint density at radius 2 is 1.42 bits per heavy atom. The van der Waals surface area contributed by atoms with Crippen LogP contribution in [0.5, 0.6) is 0 Å². The number of rotatable bonds is 5. The van der Waals surface area contributed by atoms with Gasteiger partial charge in [-0.1, -0.05) is 62.3 Å². The third-order valence-electron chi connectivity index (χ3n) is 5.73. The summed E-state index contributed by atoms with van der Waals surface area (Å²) in [7, 11) is 0. The van der Waals surface area contributed by atoms with Crippen LogP contribution in [0.2, 0.25) is 0 Å². The second-order valence-corrected chi connectivity index (χ2v) is 7.18. The van der Waals surface area contributed by atoms with Crippen LogP contribution in [0.3, 0.4) is 0 Å². The van der Waals surface area contributed by atoms with E-state index in [1.807, 2.05) is 41.5 Å². The number of carboxylic acids is 2. The van der Waals surface area contributed by atoms with Crippen molar-refractivity contribution in [2.24, 2.45) is 28.6 Å². The second-order valence-electron chi connectivity index (χ2n) is 7.18. The molecule has 0 spiro atoms. The average Bonchev–Trinajstić information content (AvgIpc) is 2.55. The standard InChI is InChI=1S/C16H28O4.2C2H6/c1-6-16(12(4)14(19)20)8-10(2)7-15(5,9-16)11(3)13(17)18;2*1-2/h10-12H,6-9H2,1-5H3,(H,17,18)(H,19,20);2*1-2H3. The number of carbonyl (C=O) groups is 2. The van der Waals surface area contributed by atoms with Crippen LogP contribution in [-0.2, 0) is 9.59 Å². The molecule has 0 aliphatic heterocycles. The van der Waals surface area contributed by atoms with Gasteiger partial charge in [-0.2, -0.15) is 0 Å². The minimum Gasteiger partial charge on any atom is -0.481 e. The van der Waals surface area contributed by atoms with E-state index in [2.05, 4.69) is 6.92 Å². The van der Waals surface area contributed by atoms with E-state index < -0.39 is 23.8 Å². The molecule has 0 aromatic heterocycles. The van der Waals surface area contributed by atoms with E-state index in [1.54, 1.807) is 13.8 Å². The molecule has 1 fully saturated rings. The van der Waals surface area contributed by atoms with Crippen LogP contribution in [0.4, 0.5) is 0 Å². The lowest BCUT2D eigenvalue weighted by Crippen LogP contribution is -2.47. The quantitative estimate of drug-likeness (QED) is 0.670. The highest BCUT2D eigenvalue weighted by Gasteiger charge is 2.51. The molecule has 24 heavy (non-hydrogen) atoms. The van der Waals surface area contributed by atoms with Crippen molar-refractivity contribution >= 4 is 11.9 Å². The number of hydrogen-bond donors (Lipinski definition) is 2. The van der Waals surface area contributed by atoms with E-state index in [9.17, 15) is 19.8 Å². The van der Waals surface area contributed by atoms with Crippen LogP contribution in [0.25, 0.3) is 0 Å². The highest BCUT2D eigenvalue weighted by molar-refractivity contribution is 5.71. The predicted molar refractivity (Wildman–Crippen MR) is 100 cm³/mol. The minimum atomic E-state index is -0.783. The SMILES string of the molecule is CC.CC.CCC1(C(C)C(=O)O)CC(C)CC(C)(C(C)C(=O)O)C1. The van der Waals surface area contributed by atoms with E-state index >= 15 is 0 Å². The first kappa shape index (κ1) is 25.2. The fourth-order valence-electron chi connectivity index (χ4n) is 4.31. The van der Waals surface area contributed by atoms with Crippen LogP contribution in [-0.4, -0.2) is 22.2 Å². The minimum absolute atomic E-state index is 0.290. The van der Waals surface area contributed by atoms with E-state index in [-0.39, 0.29) is 10.8 Å². The zero-order chi connectivity index (χ0) is 19.7. The smallest absolute Gasteiger partial charge is 0.306 e. The van der Waals surface area contributed by atoms with Gasteiger partial charge in [-0.3, -0.25) is 9.59 Å². The molecule has 0 bridgehead atoms. The van der Waals surface area contributed by atoms with Gasteiger partial charge in [0.05, 0.1) is 11.8 Å². The van der Waals surface area contributed by atoms with Gasteiger partial charge in [0.15, 0.2) is 0 Å². The molecule has 0 aromatic rings. The monoisotopic (exact) mass is 344 g/mol. The summed E-state index contributed by atoms with van der Waals surface area (Å²) in [6.07, 6.45) is 3.20. The van der Waals surface area contributed by atoms with Crippen molar-refractivity contribution in [2.45, 2.75) is 88.0 Å². The molecule has 1 aliphatic carbocycles. The summed E-state index contributed by atoms with van der Waals surface area (Å²) in [5.41, 5.74) is -0.620. The zero-order valence-corrected chi connectivity index (χ0v) is 17.3. The molecule has 5 atom stereocenters. The lowest BCUT2D eigenvalue weighted by atomic mass is 9.52. The van der Waals surface area contributed by atoms with E-state index in [0.717, 1.165) is 19.3 Å². The first-order valence-corrected chi connectivity index (χ1v) is 9.53. The van der Waals surface area contributed by atoms with Crippen molar-refractivity contribution in [3.8, 4) is 0 Å². The molecular weight excluding hydrogens is 304 g/mol. The van der Waals surface area contributed by atoms with Crippen molar-refractivity contribution in [1.29, 1.82) is 0 Å². The number of carboxylic acid groups (broad SMARTS) is 2. The van der Waals surface area contributed by atoms with Gasteiger partial charge in [0.1, 0.15) is 0 Å². The third-order valence-corrected chi connectivity index (χ3v) is 5.73. The Labute approximate surface area is 149 Å². The molecule has 2 N–H and O–H groups in total. The van der Waals surface area contributed by atoms with Gasteiger partial charge in [0, 0.05) is 0 Å². The molecule has 1 rings (SSSR count). The van der Waals surface area contributed by atoms with Gasteiger partial charge in [-0.15, -0.1) is 0 Å². The number of aliphatic carboxylic acids is 2. The van der Waals surface area contributed by atoms with Crippen LogP contribution in [0, 0.1) is 28.6 Å². The van der Waals surface area contributed by atoms with Gasteiger partial charge >= 0.3 is 11.9 Å². The fraction of sp³-hybridized carbons (Fsp3) is 0.900. The van der Waals surface area contributed by atoms with Crippen molar-refractivity contribution in [1.82, 2.24) is 0 Å². The first-order valence-electron chi connectivity index (χ1n) is 9.53. The maximum atomic E-state index is 11.5. The molecule has 0 amide bonds. The molecule has 0 aromatic carbocycles. The fourth-order valence-corrected chi connectivity index (χ4v) is 4.31. The van der Waals surface area contributed by atoms with Gasteiger partial charge in [-0.05, 0) is 42.4 Å². The molecule has 1 saturated carbocycles. The average molecular weight is 345 g/mol. The van der Waals surface area contributed by atoms with E-state index in [4.69, 9.17) is 0 Å². The zero-order valence-electron chi connectivity index (χ0n) is 17.3. The van der Waals surface area contributed by atoms with Gasteiger partial charge in [0.25, 0.3) is 0 Å². The van der Waals surface area contributed by atoms with Crippen LogP contribution >= 0.6 is 0 Å². The van der Waals surface area contributed by atoms with Crippen molar-refractivity contribution in [3.05, 3.63) is 0 Å². The molecule has 0 saturated heterocycles. The molecule has 4 heteroatoms. The molecule has 1 aliphatic rings. The third kappa shape index (κ3) is 5.78. The lowest BCUT2D eigenvalue weighted by molar-refractivity contribution is -0.155. The Kier molecular flexibility index (Phi) is 11.3. The Hall–Kier alpha value is -1.06. The van der Waals surface area contributed by atoms with E-state index in [1.165, 1.54) is 0 Å². The van der Waals surface area contributed by atoms with Crippen molar-refractivity contribution in [2.75, 3.05) is 0 Å². The van der Waals surface area contributed by atoms with Gasteiger partial charge in [-0.25, -0.2) is 0 Å². The summed E-state index contributed by atoms with van der Waals surface area (Å²) in [4.78, 5) is 22.9. The molecule has 4 nitrogen and oxygen atoms in total. The molecular formula is C20H40O4. The summed E-state index contributed by atoms with van der Waals surface area (Å²) in [6, 6.07) is 0. The lowest BCUT2D eigenvalue weighted by Gasteiger charge is -2.52.